The molecule has 148 valence electrons. The summed E-state index contributed by atoms with van der Waals surface area (Å²) in [6.07, 6.45) is 5.30. The Balaban J connectivity index is 0.00000243. The van der Waals surface area contributed by atoms with Crippen LogP contribution in [0.5, 0.6) is 0 Å². The van der Waals surface area contributed by atoms with E-state index in [2.05, 4.69) is 38.8 Å². The van der Waals surface area contributed by atoms with Gasteiger partial charge in [0.05, 0.1) is 6.54 Å². The highest BCUT2D eigenvalue weighted by atomic mass is 127. The summed E-state index contributed by atoms with van der Waals surface area (Å²) in [5.41, 5.74) is 1.53. The summed E-state index contributed by atoms with van der Waals surface area (Å²) in [5.74, 6) is 0.966. The molecule has 1 aromatic heterocycles. The minimum Gasteiger partial charge on any atom is -0.357 e. The van der Waals surface area contributed by atoms with Crippen molar-refractivity contribution >= 4 is 41.3 Å². The third kappa shape index (κ3) is 6.98. The second kappa shape index (κ2) is 12.2. The Morgan fingerprint density at radius 3 is 2.77 bits per heavy atom. The summed E-state index contributed by atoms with van der Waals surface area (Å²) in [4.78, 5) is 11.4. The van der Waals surface area contributed by atoms with Crippen LogP contribution in [-0.2, 0) is 13.0 Å². The number of piperidine rings is 1. The van der Waals surface area contributed by atoms with Crippen LogP contribution in [-0.4, -0.2) is 68.1 Å². The lowest BCUT2D eigenvalue weighted by Gasteiger charge is -2.27. The van der Waals surface area contributed by atoms with Crippen molar-refractivity contribution in [3.63, 3.8) is 0 Å². The molecule has 3 heterocycles. The topological polar surface area (TPSA) is 42.9 Å². The largest absolute Gasteiger partial charge is 0.357 e. The first-order valence-corrected chi connectivity index (χ1v) is 10.8. The lowest BCUT2D eigenvalue weighted by molar-refractivity contribution is 0.235. The fourth-order valence-electron chi connectivity index (χ4n) is 3.66. The molecule has 2 aliphatic rings. The molecule has 3 rings (SSSR count). The van der Waals surface area contributed by atoms with Gasteiger partial charge in [0.15, 0.2) is 5.96 Å². The molecule has 1 fully saturated rings. The number of thiophene rings is 1. The van der Waals surface area contributed by atoms with E-state index in [0.29, 0.717) is 0 Å². The Labute approximate surface area is 179 Å². The fourth-order valence-corrected chi connectivity index (χ4v) is 4.55. The van der Waals surface area contributed by atoms with Gasteiger partial charge in [-0.3, -0.25) is 9.89 Å². The summed E-state index contributed by atoms with van der Waals surface area (Å²) < 4.78 is 0. The average Bonchev–Trinajstić information content (AvgIpc) is 3.10. The second-order valence-electron chi connectivity index (χ2n) is 6.98. The summed E-state index contributed by atoms with van der Waals surface area (Å²) >= 11 is 1.91. The predicted octanol–water partition coefficient (Wildman–Crippen LogP) is 2.77. The Morgan fingerprint density at radius 1 is 1.12 bits per heavy atom. The molecular formula is C19H34IN5S. The fraction of sp³-hybridized carbons (Fsp3) is 0.737. The molecule has 1 aromatic rings. The molecule has 26 heavy (non-hydrogen) atoms. The molecule has 2 N–H and O–H groups in total. The summed E-state index contributed by atoms with van der Waals surface area (Å²) in [7, 11) is 0. The van der Waals surface area contributed by atoms with Crippen molar-refractivity contribution in [3.8, 4) is 0 Å². The number of guanidine groups is 1. The molecule has 0 spiro atoms. The van der Waals surface area contributed by atoms with Crippen molar-refractivity contribution in [1.29, 1.82) is 0 Å². The van der Waals surface area contributed by atoms with Crippen LogP contribution >= 0.6 is 35.3 Å². The van der Waals surface area contributed by atoms with Crippen molar-refractivity contribution in [2.24, 2.45) is 4.99 Å². The highest BCUT2D eigenvalue weighted by molar-refractivity contribution is 14.0. The monoisotopic (exact) mass is 491 g/mol. The number of hydrogen-bond acceptors (Lipinski definition) is 4. The summed E-state index contributed by atoms with van der Waals surface area (Å²) in [6.45, 7) is 11.8. The Hall–Kier alpha value is -0.380. The van der Waals surface area contributed by atoms with Crippen LogP contribution in [0.25, 0.3) is 0 Å². The number of likely N-dealkylation sites (tertiary alicyclic amines) is 1. The van der Waals surface area contributed by atoms with Crippen molar-refractivity contribution in [2.75, 3.05) is 52.4 Å². The lowest BCUT2D eigenvalue weighted by Crippen LogP contribution is -2.43. The van der Waals surface area contributed by atoms with E-state index < -0.39 is 0 Å². The first-order valence-electron chi connectivity index (χ1n) is 9.87. The Kier molecular flexibility index (Phi) is 10.2. The van der Waals surface area contributed by atoms with Crippen molar-refractivity contribution < 1.29 is 0 Å². The normalized spacial score (nSPS) is 18.9. The van der Waals surface area contributed by atoms with E-state index in [9.17, 15) is 0 Å². The highest BCUT2D eigenvalue weighted by Crippen LogP contribution is 2.23. The minimum absolute atomic E-state index is 0. The molecular weight excluding hydrogens is 457 g/mol. The predicted molar refractivity (Wildman–Crippen MR) is 123 cm³/mol. The Bertz CT molecular complexity index is 542. The SMILES string of the molecule is CCNC(=NCCN1CCCCC1)NCCN1CCc2sccc2C1.I. The van der Waals surface area contributed by atoms with Crippen LogP contribution in [0.3, 0.4) is 0 Å². The van der Waals surface area contributed by atoms with Gasteiger partial charge in [-0.25, -0.2) is 0 Å². The average molecular weight is 491 g/mol. The van der Waals surface area contributed by atoms with Gasteiger partial charge in [-0.2, -0.15) is 0 Å². The zero-order chi connectivity index (χ0) is 17.3. The molecule has 2 aliphatic heterocycles. The molecule has 7 heteroatoms. The number of nitrogens with zero attached hydrogens (tertiary/aromatic N) is 3. The van der Waals surface area contributed by atoms with Gasteiger partial charge in [-0.1, -0.05) is 6.42 Å². The van der Waals surface area contributed by atoms with Gasteiger partial charge in [0.1, 0.15) is 0 Å². The van der Waals surface area contributed by atoms with E-state index in [1.54, 1.807) is 4.88 Å². The maximum absolute atomic E-state index is 4.75. The molecule has 0 amide bonds. The van der Waals surface area contributed by atoms with E-state index >= 15 is 0 Å². The molecule has 0 saturated carbocycles. The van der Waals surface area contributed by atoms with Gasteiger partial charge in [-0.05, 0) is 56.3 Å². The lowest BCUT2D eigenvalue weighted by atomic mass is 10.1. The quantitative estimate of drug-likeness (QED) is 0.350. The van der Waals surface area contributed by atoms with Gasteiger partial charge in [0, 0.05) is 44.1 Å². The minimum atomic E-state index is 0. The standard InChI is InChI=1S/C19H33N5S.HI/c1-2-20-19(21-8-13-23-10-4-3-5-11-23)22-9-14-24-12-6-18-17(16-24)7-15-25-18;/h7,15H,2-6,8-14,16H2,1H3,(H2,20,21,22);1H. The smallest absolute Gasteiger partial charge is 0.191 e. The first-order chi connectivity index (χ1) is 12.3. The maximum atomic E-state index is 4.75. The van der Waals surface area contributed by atoms with Crippen molar-refractivity contribution in [1.82, 2.24) is 20.4 Å². The van der Waals surface area contributed by atoms with Crippen LogP contribution in [0.15, 0.2) is 16.4 Å². The number of aliphatic imine (C=N–C) groups is 1. The van der Waals surface area contributed by atoms with Crippen LogP contribution in [0.4, 0.5) is 0 Å². The molecule has 5 nitrogen and oxygen atoms in total. The summed E-state index contributed by atoms with van der Waals surface area (Å²) in [5, 5.41) is 9.10. The molecule has 0 atom stereocenters. The first kappa shape index (κ1) is 21.9. The van der Waals surface area contributed by atoms with Crippen LogP contribution < -0.4 is 10.6 Å². The zero-order valence-corrected chi connectivity index (χ0v) is 19.2. The van der Waals surface area contributed by atoms with Crippen molar-refractivity contribution in [2.45, 2.75) is 39.2 Å². The van der Waals surface area contributed by atoms with Gasteiger partial charge in [0.2, 0.25) is 0 Å². The Morgan fingerprint density at radius 2 is 1.96 bits per heavy atom. The van der Waals surface area contributed by atoms with Gasteiger partial charge < -0.3 is 15.5 Å². The third-order valence-corrected chi connectivity index (χ3v) is 6.11. The molecule has 0 bridgehead atoms. The van der Waals surface area contributed by atoms with E-state index in [1.165, 1.54) is 50.9 Å². The van der Waals surface area contributed by atoms with Gasteiger partial charge in [-0.15, -0.1) is 35.3 Å². The number of hydrogen-bond donors (Lipinski definition) is 2. The molecule has 1 saturated heterocycles. The number of halogens is 1. The number of fused-ring (bicyclic) bond motifs is 1. The van der Waals surface area contributed by atoms with Gasteiger partial charge in [0.25, 0.3) is 0 Å². The molecule has 0 aliphatic carbocycles. The molecule has 0 aromatic carbocycles. The van der Waals surface area contributed by atoms with E-state index in [1.807, 2.05) is 11.3 Å². The third-order valence-electron chi connectivity index (χ3n) is 5.09. The van der Waals surface area contributed by atoms with Crippen LogP contribution in [0, 0.1) is 0 Å². The molecule has 0 unspecified atom stereocenters. The summed E-state index contributed by atoms with van der Waals surface area (Å²) in [6, 6.07) is 2.28. The number of rotatable bonds is 7. The highest BCUT2D eigenvalue weighted by Gasteiger charge is 2.16. The van der Waals surface area contributed by atoms with Crippen LogP contribution in [0.1, 0.15) is 36.6 Å². The molecule has 0 radical (unpaired) electrons. The number of nitrogens with one attached hydrogen (secondary N) is 2. The van der Waals surface area contributed by atoms with Gasteiger partial charge >= 0.3 is 0 Å². The van der Waals surface area contributed by atoms with E-state index in [4.69, 9.17) is 4.99 Å². The van der Waals surface area contributed by atoms with E-state index in [-0.39, 0.29) is 24.0 Å². The van der Waals surface area contributed by atoms with Crippen molar-refractivity contribution in [3.05, 3.63) is 21.9 Å². The van der Waals surface area contributed by atoms with Crippen LogP contribution in [0.2, 0.25) is 0 Å². The maximum Gasteiger partial charge on any atom is 0.191 e. The van der Waals surface area contributed by atoms with E-state index in [0.717, 1.165) is 45.2 Å². The zero-order valence-electron chi connectivity index (χ0n) is 16.0. The second-order valence-corrected chi connectivity index (χ2v) is 7.99.